The van der Waals surface area contributed by atoms with Crippen molar-refractivity contribution in [2.24, 2.45) is 17.8 Å². The highest BCUT2D eigenvalue weighted by molar-refractivity contribution is 5.32. The van der Waals surface area contributed by atoms with Gasteiger partial charge in [-0.25, -0.2) is 4.39 Å². The van der Waals surface area contributed by atoms with Crippen LogP contribution >= 0.6 is 0 Å². The Balaban J connectivity index is 2.34. The van der Waals surface area contributed by atoms with Crippen LogP contribution in [0.5, 0.6) is 0 Å². The average molecular weight is 304 g/mol. The minimum Gasteiger partial charge on any atom is -0.388 e. The molecule has 1 nitrogen and oxygen atoms in total. The summed E-state index contributed by atoms with van der Waals surface area (Å²) in [6.07, 6.45) is -3.52. The molecule has 1 aliphatic rings. The molecule has 0 saturated heterocycles. The van der Waals surface area contributed by atoms with Crippen molar-refractivity contribution < 1.29 is 22.7 Å². The first-order chi connectivity index (χ1) is 9.68. The molecular formula is C16H20F4O. The smallest absolute Gasteiger partial charge is 0.388 e. The van der Waals surface area contributed by atoms with Gasteiger partial charge in [0, 0.05) is 0 Å². The summed E-state index contributed by atoms with van der Waals surface area (Å²) < 4.78 is 52.4. The minimum absolute atomic E-state index is 0.258. The summed E-state index contributed by atoms with van der Waals surface area (Å²) >= 11 is 0. The number of hydrogen-bond acceptors (Lipinski definition) is 1. The molecule has 5 heteroatoms. The fourth-order valence-corrected chi connectivity index (χ4v) is 3.56. The lowest BCUT2D eigenvalue weighted by atomic mass is 9.73. The van der Waals surface area contributed by atoms with Gasteiger partial charge in [-0.3, -0.25) is 0 Å². The lowest BCUT2D eigenvalue weighted by molar-refractivity contribution is -0.139. The van der Waals surface area contributed by atoms with E-state index >= 15 is 0 Å². The molecule has 0 amide bonds. The number of aliphatic hydroxyl groups is 1. The number of aliphatic hydroxyl groups excluding tert-OH is 1. The summed E-state index contributed by atoms with van der Waals surface area (Å²) in [5.41, 5.74) is -1.28. The van der Waals surface area contributed by atoms with Crippen LogP contribution in [0.25, 0.3) is 0 Å². The molecule has 1 saturated carbocycles. The van der Waals surface area contributed by atoms with E-state index in [-0.39, 0.29) is 11.5 Å². The largest absolute Gasteiger partial charge is 0.416 e. The highest BCUT2D eigenvalue weighted by Crippen LogP contribution is 2.43. The lowest BCUT2D eigenvalue weighted by Gasteiger charge is -2.35. The summed E-state index contributed by atoms with van der Waals surface area (Å²) in [5, 5.41) is 10.4. The van der Waals surface area contributed by atoms with Crippen LogP contribution in [-0.2, 0) is 6.18 Å². The van der Waals surface area contributed by atoms with E-state index in [1.165, 1.54) is 0 Å². The van der Waals surface area contributed by atoms with Gasteiger partial charge in [-0.2, -0.15) is 13.2 Å². The van der Waals surface area contributed by atoms with Gasteiger partial charge in [0.25, 0.3) is 0 Å². The molecule has 0 heterocycles. The van der Waals surface area contributed by atoms with Crippen LogP contribution in [0.15, 0.2) is 18.2 Å². The molecule has 0 radical (unpaired) electrons. The van der Waals surface area contributed by atoms with Crippen molar-refractivity contribution in [2.75, 3.05) is 0 Å². The summed E-state index contributed by atoms with van der Waals surface area (Å²) in [6, 6.07) is 2.31. The van der Waals surface area contributed by atoms with Gasteiger partial charge in [0.15, 0.2) is 0 Å². The second kappa shape index (κ2) is 5.95. The van der Waals surface area contributed by atoms with E-state index in [1.807, 2.05) is 13.8 Å². The monoisotopic (exact) mass is 304 g/mol. The molecule has 1 fully saturated rings. The number of halogens is 4. The highest BCUT2D eigenvalue weighted by atomic mass is 19.4. The van der Waals surface area contributed by atoms with E-state index in [0.717, 1.165) is 18.6 Å². The van der Waals surface area contributed by atoms with E-state index in [2.05, 4.69) is 0 Å². The summed E-state index contributed by atoms with van der Waals surface area (Å²) in [7, 11) is 0. The predicted octanol–water partition coefficient (Wildman–Crippen LogP) is 4.95. The van der Waals surface area contributed by atoms with E-state index in [1.54, 1.807) is 0 Å². The van der Waals surface area contributed by atoms with Crippen LogP contribution < -0.4 is 0 Å². The Kier molecular flexibility index (Phi) is 4.61. The third-order valence-corrected chi connectivity index (χ3v) is 4.30. The van der Waals surface area contributed by atoms with Gasteiger partial charge in [0.05, 0.1) is 11.7 Å². The van der Waals surface area contributed by atoms with Crippen molar-refractivity contribution in [1.82, 2.24) is 0 Å². The van der Waals surface area contributed by atoms with Gasteiger partial charge in [0.2, 0.25) is 0 Å². The van der Waals surface area contributed by atoms with E-state index in [9.17, 15) is 22.7 Å². The van der Waals surface area contributed by atoms with Gasteiger partial charge in [-0.1, -0.05) is 13.8 Å². The molecule has 1 aromatic rings. The zero-order valence-electron chi connectivity index (χ0n) is 12.1. The molecule has 0 spiro atoms. The summed E-state index contributed by atoms with van der Waals surface area (Å²) in [5.74, 6) is -0.298. The Morgan fingerprint density at radius 1 is 1.10 bits per heavy atom. The normalized spacial score (nSPS) is 28.4. The zero-order chi connectivity index (χ0) is 15.8. The number of benzene rings is 1. The number of alkyl halides is 3. The number of hydrogen-bond donors (Lipinski definition) is 1. The molecule has 0 bridgehead atoms. The quantitative estimate of drug-likeness (QED) is 0.766. The molecule has 21 heavy (non-hydrogen) atoms. The fourth-order valence-electron chi connectivity index (χ4n) is 3.56. The van der Waals surface area contributed by atoms with Gasteiger partial charge in [-0.15, -0.1) is 0 Å². The van der Waals surface area contributed by atoms with Crippen LogP contribution in [0.2, 0.25) is 0 Å². The van der Waals surface area contributed by atoms with Crippen LogP contribution in [-0.4, -0.2) is 5.11 Å². The molecule has 1 aromatic carbocycles. The van der Waals surface area contributed by atoms with Gasteiger partial charge in [-0.05, 0) is 60.8 Å². The van der Waals surface area contributed by atoms with Crippen molar-refractivity contribution in [2.45, 2.75) is 45.4 Å². The molecule has 118 valence electrons. The maximum absolute atomic E-state index is 13.3. The zero-order valence-corrected chi connectivity index (χ0v) is 12.1. The van der Waals surface area contributed by atoms with Crippen LogP contribution in [0.4, 0.5) is 17.6 Å². The molecule has 3 unspecified atom stereocenters. The Morgan fingerprint density at radius 2 is 1.67 bits per heavy atom. The third-order valence-electron chi connectivity index (χ3n) is 4.30. The van der Waals surface area contributed by atoms with Gasteiger partial charge in [0.1, 0.15) is 5.82 Å². The first-order valence-electron chi connectivity index (χ1n) is 7.23. The van der Waals surface area contributed by atoms with Crippen LogP contribution in [0.3, 0.4) is 0 Å². The summed E-state index contributed by atoms with van der Waals surface area (Å²) in [4.78, 5) is 0. The Hall–Kier alpha value is -1.10. The van der Waals surface area contributed by atoms with E-state index in [4.69, 9.17) is 0 Å². The van der Waals surface area contributed by atoms with Crippen LogP contribution in [0, 0.1) is 23.6 Å². The second-order valence-corrected chi connectivity index (χ2v) is 6.35. The van der Waals surface area contributed by atoms with Crippen molar-refractivity contribution in [3.05, 3.63) is 35.1 Å². The van der Waals surface area contributed by atoms with Gasteiger partial charge < -0.3 is 5.11 Å². The summed E-state index contributed by atoms with van der Waals surface area (Å²) in [6.45, 7) is 4.07. The minimum atomic E-state index is -4.59. The molecule has 2 rings (SSSR count). The maximum Gasteiger partial charge on any atom is 0.416 e. The predicted molar refractivity (Wildman–Crippen MR) is 72.0 cm³/mol. The van der Waals surface area contributed by atoms with Crippen molar-refractivity contribution >= 4 is 0 Å². The topological polar surface area (TPSA) is 20.2 Å². The Labute approximate surface area is 122 Å². The molecule has 0 aliphatic heterocycles. The molecule has 0 aromatic heterocycles. The second-order valence-electron chi connectivity index (χ2n) is 6.35. The van der Waals surface area contributed by atoms with Crippen LogP contribution in [0.1, 0.15) is 50.3 Å². The molecular weight excluding hydrogens is 284 g/mol. The molecule has 3 atom stereocenters. The fraction of sp³-hybridized carbons (Fsp3) is 0.625. The first-order valence-corrected chi connectivity index (χ1v) is 7.23. The van der Waals surface area contributed by atoms with Crippen molar-refractivity contribution in [3.63, 3.8) is 0 Å². The maximum atomic E-state index is 13.3. The average Bonchev–Trinajstić information content (AvgIpc) is 2.35. The van der Waals surface area contributed by atoms with E-state index < -0.39 is 23.7 Å². The van der Waals surface area contributed by atoms with Crippen molar-refractivity contribution in [3.8, 4) is 0 Å². The van der Waals surface area contributed by atoms with Gasteiger partial charge >= 0.3 is 6.18 Å². The molecule has 1 N–H and O–H groups in total. The lowest BCUT2D eigenvalue weighted by Crippen LogP contribution is -2.26. The molecule has 1 aliphatic carbocycles. The highest BCUT2D eigenvalue weighted by Gasteiger charge is 2.38. The Morgan fingerprint density at radius 3 is 2.19 bits per heavy atom. The SMILES string of the molecule is CC1CC(C)CC(C(O)c2cc(F)ccc2C(F)(F)F)C1. The van der Waals surface area contributed by atoms with Crippen molar-refractivity contribution in [1.29, 1.82) is 0 Å². The van der Waals surface area contributed by atoms with E-state index in [0.29, 0.717) is 30.7 Å². The first kappa shape index (κ1) is 16.3. The standard InChI is InChI=1S/C16H20F4O/c1-9-5-10(2)7-11(6-9)15(21)13-8-12(17)3-4-14(13)16(18,19)20/h3-4,8-11,15,21H,5-7H2,1-2H3. The number of rotatable bonds is 2. The Bertz CT molecular complexity index is 488. The third kappa shape index (κ3) is 3.76.